The Kier molecular flexibility index (Phi) is 91.3. The van der Waals surface area contributed by atoms with E-state index in [-0.39, 0.29) is 64.5 Å². The summed E-state index contributed by atoms with van der Waals surface area (Å²) in [5.41, 5.74) is 0.354. The molecule has 0 fully saturated rings. The van der Waals surface area contributed by atoms with E-state index in [1.807, 2.05) is 6.07 Å². The quantitative estimate of drug-likeness (QED) is 0.635. The summed E-state index contributed by atoms with van der Waals surface area (Å²) in [6.45, 7) is 0. The molecular weight excluding hydrogens is 284 g/mol. The second-order valence-corrected chi connectivity index (χ2v) is 1.20. The van der Waals surface area contributed by atoms with Gasteiger partial charge in [-0.15, -0.1) is 0 Å². The molecule has 0 aromatic carbocycles. The van der Waals surface area contributed by atoms with Crippen molar-refractivity contribution >= 4 is 0 Å². The molecular formula is C5H3N3O5V2-10. The van der Waals surface area contributed by atoms with Crippen LogP contribution in [-0.2, 0) is 64.5 Å². The van der Waals surface area contributed by atoms with E-state index in [0.29, 0.717) is 5.69 Å². The first-order chi connectivity index (χ1) is 3.93. The third-order valence-corrected chi connectivity index (χ3v) is 0.678. The molecule has 0 saturated heterocycles. The Labute approximate surface area is 110 Å². The molecule has 0 atom stereocenters. The standard InChI is InChI=1S/C5H3N3.5O.2V/c6-3-5-4-7-1-2-8-5;;;;;;;/h1-2,4H;;;;;;;/q;5*-2;;. The number of aromatic nitrogens is 2. The summed E-state index contributed by atoms with van der Waals surface area (Å²) in [5.74, 6) is 0. The first kappa shape index (κ1) is 46.9. The Morgan fingerprint density at radius 3 is 1.60 bits per heavy atom. The second kappa shape index (κ2) is 29.2. The van der Waals surface area contributed by atoms with Gasteiger partial charge in [0.1, 0.15) is 6.07 Å². The molecule has 0 unspecified atom stereocenters. The van der Waals surface area contributed by atoms with Gasteiger partial charge in [0.05, 0.1) is 6.20 Å². The van der Waals surface area contributed by atoms with E-state index in [2.05, 4.69) is 9.97 Å². The van der Waals surface area contributed by atoms with Crippen molar-refractivity contribution in [1.29, 1.82) is 5.26 Å². The van der Waals surface area contributed by atoms with Gasteiger partial charge in [0.15, 0.2) is 5.69 Å². The van der Waals surface area contributed by atoms with Crippen molar-refractivity contribution < 1.29 is 64.5 Å². The summed E-state index contributed by atoms with van der Waals surface area (Å²) in [6.07, 6.45) is 4.43. The minimum absolute atomic E-state index is 0. The number of hydrogen-bond acceptors (Lipinski definition) is 3. The molecule has 2 radical (unpaired) electrons. The van der Waals surface area contributed by atoms with Crippen LogP contribution in [0.2, 0.25) is 0 Å². The van der Waals surface area contributed by atoms with Crippen LogP contribution in [0, 0.1) is 11.3 Å². The zero-order chi connectivity index (χ0) is 5.82. The van der Waals surface area contributed by atoms with Crippen LogP contribution in [0.25, 0.3) is 0 Å². The zero-order valence-electron chi connectivity index (χ0n) is 7.01. The molecule has 0 N–H and O–H groups in total. The minimum Gasteiger partial charge on any atom is -2.00 e. The van der Waals surface area contributed by atoms with Crippen molar-refractivity contribution in [3.8, 4) is 6.07 Å². The summed E-state index contributed by atoms with van der Waals surface area (Å²) in [4.78, 5) is 7.34. The van der Waals surface area contributed by atoms with Crippen LogP contribution in [0.15, 0.2) is 18.6 Å². The van der Waals surface area contributed by atoms with Crippen molar-refractivity contribution in [3.63, 3.8) is 0 Å². The molecule has 10 heteroatoms. The topological polar surface area (TPSA) is 192 Å². The number of hydrogen-bond donors (Lipinski definition) is 0. The van der Waals surface area contributed by atoms with E-state index in [1.54, 1.807) is 0 Å². The average Bonchev–Trinajstić information content (AvgIpc) is 1.90. The Bertz CT molecular complexity index is 220. The molecule has 1 aromatic rings. The van der Waals surface area contributed by atoms with Crippen molar-refractivity contribution in [3.05, 3.63) is 24.3 Å². The van der Waals surface area contributed by atoms with Gasteiger partial charge < -0.3 is 27.4 Å². The summed E-state index contributed by atoms with van der Waals surface area (Å²) in [6, 6.07) is 1.85. The van der Waals surface area contributed by atoms with Crippen molar-refractivity contribution in [2.75, 3.05) is 0 Å². The normalized spacial score (nSPS) is 4.20. The maximum atomic E-state index is 8.19. The Hall–Kier alpha value is -0.461. The predicted octanol–water partition coefficient (Wildman–Crippen LogP) is -0.251. The minimum atomic E-state index is 0. The summed E-state index contributed by atoms with van der Waals surface area (Å²) >= 11 is 0. The third kappa shape index (κ3) is 19.8. The first-order valence-electron chi connectivity index (χ1n) is 2.09. The largest absolute Gasteiger partial charge is 2.00 e. The monoisotopic (exact) mass is 287 g/mol. The fourth-order valence-electron chi connectivity index (χ4n) is 0.357. The molecule has 1 heterocycles. The van der Waals surface area contributed by atoms with Crippen molar-refractivity contribution in [1.82, 2.24) is 9.97 Å². The van der Waals surface area contributed by atoms with Crippen LogP contribution in [0.3, 0.4) is 0 Å². The van der Waals surface area contributed by atoms with Gasteiger partial charge in [0, 0.05) is 49.5 Å². The van der Waals surface area contributed by atoms with Gasteiger partial charge in [0.2, 0.25) is 0 Å². The van der Waals surface area contributed by atoms with Gasteiger partial charge >= 0.3 is 0 Å². The molecule has 0 aliphatic carbocycles. The van der Waals surface area contributed by atoms with Gasteiger partial charge in [0.25, 0.3) is 0 Å². The summed E-state index contributed by atoms with van der Waals surface area (Å²) in [7, 11) is 0. The van der Waals surface area contributed by atoms with Crippen LogP contribution in [0.1, 0.15) is 5.69 Å². The maximum Gasteiger partial charge on any atom is 0.158 e. The summed E-state index contributed by atoms with van der Waals surface area (Å²) < 4.78 is 0. The molecule has 0 bridgehead atoms. The smallest absolute Gasteiger partial charge is 0.158 e. The van der Waals surface area contributed by atoms with Crippen LogP contribution in [0.4, 0.5) is 0 Å². The fraction of sp³-hybridized carbons (Fsp3) is 0. The molecule has 1 rings (SSSR count). The molecule has 15 heavy (non-hydrogen) atoms. The van der Waals surface area contributed by atoms with Gasteiger partial charge in [-0.2, -0.15) is 5.26 Å². The fourth-order valence-corrected chi connectivity index (χ4v) is 0.357. The van der Waals surface area contributed by atoms with E-state index in [0.717, 1.165) is 0 Å². The Morgan fingerprint density at radius 1 is 0.933 bits per heavy atom. The number of nitrogens with zero attached hydrogens (tertiary/aromatic N) is 3. The molecule has 8 nitrogen and oxygen atoms in total. The van der Waals surface area contributed by atoms with E-state index in [4.69, 9.17) is 5.26 Å². The molecule has 0 spiro atoms. The molecule has 0 saturated carbocycles. The van der Waals surface area contributed by atoms with Gasteiger partial charge in [-0.1, -0.05) is 0 Å². The molecule has 0 aliphatic rings. The van der Waals surface area contributed by atoms with Crippen LogP contribution in [0.5, 0.6) is 0 Å². The second-order valence-electron chi connectivity index (χ2n) is 1.20. The van der Waals surface area contributed by atoms with Crippen molar-refractivity contribution in [2.45, 2.75) is 0 Å². The zero-order valence-corrected chi connectivity index (χ0v) is 9.80. The van der Waals surface area contributed by atoms with Gasteiger partial charge in [-0.25, -0.2) is 4.98 Å². The van der Waals surface area contributed by atoms with E-state index >= 15 is 0 Å². The summed E-state index contributed by atoms with van der Waals surface area (Å²) in [5, 5.41) is 8.19. The molecule has 0 aliphatic heterocycles. The van der Waals surface area contributed by atoms with Crippen molar-refractivity contribution in [2.24, 2.45) is 0 Å². The molecule has 1 aromatic heterocycles. The van der Waals surface area contributed by atoms with Crippen LogP contribution < -0.4 is 0 Å². The molecule has 0 amide bonds. The third-order valence-electron chi connectivity index (χ3n) is 0.678. The average molecular weight is 287 g/mol. The SMILES string of the molecule is N#Cc1cnccn1.[O-2].[O-2].[O-2].[O-2].[O-2].[V].[V]. The van der Waals surface area contributed by atoms with E-state index in [9.17, 15) is 0 Å². The Balaban J connectivity index is -0.0000000183. The van der Waals surface area contributed by atoms with Crippen LogP contribution >= 0.6 is 0 Å². The predicted molar refractivity (Wildman–Crippen MR) is 30.2 cm³/mol. The van der Waals surface area contributed by atoms with Gasteiger partial charge in [-0.3, -0.25) is 4.98 Å². The van der Waals surface area contributed by atoms with Gasteiger partial charge in [-0.05, 0) is 0 Å². The number of rotatable bonds is 0. The Morgan fingerprint density at radius 2 is 1.40 bits per heavy atom. The maximum absolute atomic E-state index is 8.19. The first-order valence-corrected chi connectivity index (χ1v) is 2.09. The molecule has 88 valence electrons. The van der Waals surface area contributed by atoms with Crippen LogP contribution in [-0.4, -0.2) is 9.97 Å². The van der Waals surface area contributed by atoms with E-state index < -0.39 is 0 Å². The van der Waals surface area contributed by atoms with E-state index in [1.165, 1.54) is 18.6 Å². The number of nitriles is 1.